The number of aryl methyl sites for hydroxylation is 2. The summed E-state index contributed by atoms with van der Waals surface area (Å²) >= 11 is 0. The zero-order valence-electron chi connectivity index (χ0n) is 9.92. The van der Waals surface area contributed by atoms with Gasteiger partial charge in [0.15, 0.2) is 0 Å². The van der Waals surface area contributed by atoms with Crippen LogP contribution in [0.3, 0.4) is 0 Å². The summed E-state index contributed by atoms with van der Waals surface area (Å²) in [6.07, 6.45) is 0.868. The van der Waals surface area contributed by atoms with Gasteiger partial charge in [-0.3, -0.25) is 4.99 Å². The molecule has 2 rings (SSSR count). The Hall–Kier alpha value is -1.51. The number of nitrogens with zero attached hydrogens (tertiary/aromatic N) is 1. The standard InChI is InChI=1S/C13H18N2O/c1-10-7-11(2)9-12(8-10)16-6-3-13-14-4-5-15-13/h7-9H,3-6H2,1-2H3,(H,14,15). The molecule has 0 bridgehead atoms. The van der Waals surface area contributed by atoms with Gasteiger partial charge in [-0.1, -0.05) is 6.07 Å². The van der Waals surface area contributed by atoms with Crippen molar-refractivity contribution in [2.45, 2.75) is 20.3 Å². The highest BCUT2D eigenvalue weighted by Gasteiger charge is 2.04. The van der Waals surface area contributed by atoms with Crippen LogP contribution in [0.5, 0.6) is 5.75 Å². The molecule has 3 heteroatoms. The molecule has 1 N–H and O–H groups in total. The summed E-state index contributed by atoms with van der Waals surface area (Å²) in [5, 5.41) is 3.24. The average molecular weight is 218 g/mol. The maximum Gasteiger partial charge on any atom is 0.119 e. The molecular formula is C13H18N2O. The quantitative estimate of drug-likeness (QED) is 0.839. The number of benzene rings is 1. The average Bonchev–Trinajstić information content (AvgIpc) is 2.69. The highest BCUT2D eigenvalue weighted by molar-refractivity contribution is 5.83. The van der Waals surface area contributed by atoms with E-state index in [1.54, 1.807) is 0 Å². The normalized spacial score (nSPS) is 14.5. The summed E-state index contributed by atoms with van der Waals surface area (Å²) in [5.74, 6) is 2.03. The molecule has 0 fully saturated rings. The van der Waals surface area contributed by atoms with E-state index in [1.807, 2.05) is 0 Å². The van der Waals surface area contributed by atoms with Gasteiger partial charge in [0.05, 0.1) is 19.0 Å². The van der Waals surface area contributed by atoms with Crippen molar-refractivity contribution in [3.8, 4) is 5.75 Å². The largest absolute Gasteiger partial charge is 0.493 e. The number of rotatable bonds is 4. The molecule has 1 aliphatic heterocycles. The van der Waals surface area contributed by atoms with E-state index in [4.69, 9.17) is 4.74 Å². The summed E-state index contributed by atoms with van der Waals surface area (Å²) in [6, 6.07) is 6.28. The first-order chi connectivity index (χ1) is 7.74. The Kier molecular flexibility index (Phi) is 3.44. The van der Waals surface area contributed by atoms with Crippen LogP contribution in [-0.2, 0) is 0 Å². The molecule has 1 aromatic carbocycles. The first-order valence-corrected chi connectivity index (χ1v) is 5.72. The Labute approximate surface area is 96.5 Å². The third-order valence-corrected chi connectivity index (χ3v) is 2.55. The Balaban J connectivity index is 1.84. The number of nitrogens with one attached hydrogen (secondary N) is 1. The fourth-order valence-corrected chi connectivity index (χ4v) is 1.90. The van der Waals surface area contributed by atoms with E-state index in [2.05, 4.69) is 42.4 Å². The van der Waals surface area contributed by atoms with E-state index >= 15 is 0 Å². The molecule has 0 amide bonds. The van der Waals surface area contributed by atoms with Crippen molar-refractivity contribution in [1.82, 2.24) is 5.32 Å². The first kappa shape index (κ1) is 11.0. The maximum atomic E-state index is 5.71. The minimum atomic E-state index is 0.689. The second-order valence-corrected chi connectivity index (χ2v) is 4.18. The van der Waals surface area contributed by atoms with Gasteiger partial charge in [-0.05, 0) is 37.1 Å². The molecule has 0 radical (unpaired) electrons. The van der Waals surface area contributed by atoms with Gasteiger partial charge >= 0.3 is 0 Å². The second-order valence-electron chi connectivity index (χ2n) is 4.18. The van der Waals surface area contributed by atoms with Crippen LogP contribution in [0.15, 0.2) is 23.2 Å². The highest BCUT2D eigenvalue weighted by atomic mass is 16.5. The van der Waals surface area contributed by atoms with E-state index in [0.29, 0.717) is 6.61 Å². The van der Waals surface area contributed by atoms with Crippen molar-refractivity contribution in [2.24, 2.45) is 4.99 Å². The predicted octanol–water partition coefficient (Wildman–Crippen LogP) is 2.07. The molecule has 0 unspecified atom stereocenters. The van der Waals surface area contributed by atoms with Crippen molar-refractivity contribution in [1.29, 1.82) is 0 Å². The zero-order chi connectivity index (χ0) is 11.4. The predicted molar refractivity (Wildman–Crippen MR) is 66.3 cm³/mol. The smallest absolute Gasteiger partial charge is 0.119 e. The third kappa shape index (κ3) is 2.99. The summed E-state index contributed by atoms with van der Waals surface area (Å²) < 4.78 is 5.71. The monoisotopic (exact) mass is 218 g/mol. The third-order valence-electron chi connectivity index (χ3n) is 2.55. The molecular weight excluding hydrogens is 200 g/mol. The van der Waals surface area contributed by atoms with Crippen LogP contribution in [0.1, 0.15) is 17.5 Å². The van der Waals surface area contributed by atoms with Gasteiger partial charge in [0.2, 0.25) is 0 Å². The van der Waals surface area contributed by atoms with E-state index in [9.17, 15) is 0 Å². The SMILES string of the molecule is Cc1cc(C)cc(OCCC2=NCCN2)c1. The highest BCUT2D eigenvalue weighted by Crippen LogP contribution is 2.16. The van der Waals surface area contributed by atoms with Crippen LogP contribution in [0.2, 0.25) is 0 Å². The molecule has 3 nitrogen and oxygen atoms in total. The van der Waals surface area contributed by atoms with Crippen LogP contribution in [0, 0.1) is 13.8 Å². The van der Waals surface area contributed by atoms with E-state index in [1.165, 1.54) is 11.1 Å². The van der Waals surface area contributed by atoms with Crippen molar-refractivity contribution >= 4 is 5.84 Å². The molecule has 1 heterocycles. The van der Waals surface area contributed by atoms with Crippen molar-refractivity contribution in [3.05, 3.63) is 29.3 Å². The fourth-order valence-electron chi connectivity index (χ4n) is 1.90. The lowest BCUT2D eigenvalue weighted by atomic mass is 10.1. The summed E-state index contributed by atoms with van der Waals surface area (Å²) in [7, 11) is 0. The minimum absolute atomic E-state index is 0.689. The van der Waals surface area contributed by atoms with Gasteiger partial charge in [-0.2, -0.15) is 0 Å². The Morgan fingerprint density at radius 2 is 2.00 bits per heavy atom. The molecule has 86 valence electrons. The lowest BCUT2D eigenvalue weighted by Gasteiger charge is -2.08. The van der Waals surface area contributed by atoms with Gasteiger partial charge in [0.25, 0.3) is 0 Å². The van der Waals surface area contributed by atoms with E-state index in [0.717, 1.165) is 31.1 Å². The number of hydrogen-bond donors (Lipinski definition) is 1. The number of amidine groups is 1. The summed E-state index contributed by atoms with van der Waals surface area (Å²) in [4.78, 5) is 4.33. The molecule has 0 saturated heterocycles. The van der Waals surface area contributed by atoms with Crippen molar-refractivity contribution in [3.63, 3.8) is 0 Å². The Morgan fingerprint density at radius 1 is 1.25 bits per heavy atom. The van der Waals surface area contributed by atoms with Gasteiger partial charge < -0.3 is 10.1 Å². The van der Waals surface area contributed by atoms with Crippen LogP contribution in [0.25, 0.3) is 0 Å². The molecule has 1 aliphatic rings. The Bertz CT molecular complexity index is 379. The summed E-state index contributed by atoms with van der Waals surface area (Å²) in [6.45, 7) is 6.73. The van der Waals surface area contributed by atoms with E-state index in [-0.39, 0.29) is 0 Å². The van der Waals surface area contributed by atoms with E-state index < -0.39 is 0 Å². The van der Waals surface area contributed by atoms with Gasteiger partial charge in [-0.25, -0.2) is 0 Å². The van der Waals surface area contributed by atoms with Crippen LogP contribution in [-0.4, -0.2) is 25.5 Å². The molecule has 0 aliphatic carbocycles. The van der Waals surface area contributed by atoms with Gasteiger partial charge in [0.1, 0.15) is 5.75 Å². The van der Waals surface area contributed by atoms with Gasteiger partial charge in [-0.15, -0.1) is 0 Å². The Morgan fingerprint density at radius 3 is 2.62 bits per heavy atom. The lowest BCUT2D eigenvalue weighted by Crippen LogP contribution is -2.20. The fraction of sp³-hybridized carbons (Fsp3) is 0.462. The minimum Gasteiger partial charge on any atom is -0.493 e. The number of ether oxygens (including phenoxy) is 1. The topological polar surface area (TPSA) is 33.6 Å². The van der Waals surface area contributed by atoms with Crippen molar-refractivity contribution < 1.29 is 4.74 Å². The zero-order valence-corrected chi connectivity index (χ0v) is 9.92. The second kappa shape index (κ2) is 5.01. The van der Waals surface area contributed by atoms with Gasteiger partial charge in [0, 0.05) is 13.0 Å². The molecule has 0 saturated carbocycles. The van der Waals surface area contributed by atoms with Crippen LogP contribution >= 0.6 is 0 Å². The molecule has 0 spiro atoms. The number of hydrogen-bond acceptors (Lipinski definition) is 3. The molecule has 1 aromatic rings. The van der Waals surface area contributed by atoms with Crippen molar-refractivity contribution in [2.75, 3.05) is 19.7 Å². The maximum absolute atomic E-state index is 5.71. The number of aliphatic imine (C=N–C) groups is 1. The molecule has 16 heavy (non-hydrogen) atoms. The van der Waals surface area contributed by atoms with Crippen LogP contribution < -0.4 is 10.1 Å². The lowest BCUT2D eigenvalue weighted by molar-refractivity contribution is 0.328. The molecule has 0 atom stereocenters. The first-order valence-electron chi connectivity index (χ1n) is 5.72. The summed E-state index contributed by atoms with van der Waals surface area (Å²) in [5.41, 5.74) is 2.48. The van der Waals surface area contributed by atoms with Crippen LogP contribution in [0.4, 0.5) is 0 Å². The molecule has 0 aromatic heterocycles.